The SMILES string of the molecule is CN1CCN(C(=O)c2ccc(NC3CN(C4CCN(C(=O)OC(C)(C)C)CC4)C3)cc2Cl)CC1. The van der Waals surface area contributed by atoms with Crippen LogP contribution >= 0.6 is 11.6 Å². The maximum absolute atomic E-state index is 12.8. The van der Waals surface area contributed by atoms with Crippen LogP contribution in [0.2, 0.25) is 5.02 Å². The van der Waals surface area contributed by atoms with Gasteiger partial charge in [-0.2, -0.15) is 0 Å². The highest BCUT2D eigenvalue weighted by atomic mass is 35.5. The molecule has 0 spiro atoms. The third-order valence-corrected chi connectivity index (χ3v) is 7.22. The number of nitrogens with zero attached hydrogens (tertiary/aromatic N) is 4. The number of carbonyl (C=O) groups excluding carboxylic acids is 2. The first-order chi connectivity index (χ1) is 16.1. The lowest BCUT2D eigenvalue weighted by atomic mass is 9.97. The first-order valence-electron chi connectivity index (χ1n) is 12.3. The van der Waals surface area contributed by atoms with Crippen LogP contribution in [0.1, 0.15) is 44.0 Å². The fourth-order valence-electron chi connectivity index (χ4n) is 4.84. The summed E-state index contributed by atoms with van der Waals surface area (Å²) < 4.78 is 5.50. The van der Waals surface area contributed by atoms with E-state index < -0.39 is 5.60 Å². The highest BCUT2D eigenvalue weighted by Crippen LogP contribution is 2.27. The van der Waals surface area contributed by atoms with Crippen LogP contribution in [-0.4, -0.2) is 109 Å². The van der Waals surface area contributed by atoms with Crippen LogP contribution < -0.4 is 5.32 Å². The fraction of sp³-hybridized carbons (Fsp3) is 0.680. The maximum atomic E-state index is 12.8. The van der Waals surface area contributed by atoms with Gasteiger partial charge < -0.3 is 24.8 Å². The van der Waals surface area contributed by atoms with E-state index >= 15 is 0 Å². The number of amides is 2. The van der Waals surface area contributed by atoms with E-state index in [0.717, 1.165) is 70.9 Å². The molecule has 0 aliphatic carbocycles. The van der Waals surface area contributed by atoms with Crippen LogP contribution in [0.25, 0.3) is 0 Å². The Kier molecular flexibility index (Phi) is 7.60. The fourth-order valence-corrected chi connectivity index (χ4v) is 5.10. The molecule has 3 heterocycles. The van der Waals surface area contributed by atoms with Crippen molar-refractivity contribution in [2.75, 3.05) is 64.7 Å². The molecule has 0 saturated carbocycles. The summed E-state index contributed by atoms with van der Waals surface area (Å²) in [6, 6.07) is 6.53. The van der Waals surface area contributed by atoms with E-state index in [1.54, 1.807) is 0 Å². The summed E-state index contributed by atoms with van der Waals surface area (Å²) in [7, 11) is 2.07. The Morgan fingerprint density at radius 1 is 1.00 bits per heavy atom. The summed E-state index contributed by atoms with van der Waals surface area (Å²) in [4.78, 5) is 33.5. The number of hydrogen-bond donors (Lipinski definition) is 1. The van der Waals surface area contributed by atoms with E-state index in [1.165, 1.54) is 0 Å². The van der Waals surface area contributed by atoms with Gasteiger partial charge in [0.25, 0.3) is 5.91 Å². The maximum Gasteiger partial charge on any atom is 0.410 e. The van der Waals surface area contributed by atoms with Crippen molar-refractivity contribution in [3.05, 3.63) is 28.8 Å². The molecule has 0 bridgehead atoms. The van der Waals surface area contributed by atoms with Crippen LogP contribution in [0.5, 0.6) is 0 Å². The van der Waals surface area contributed by atoms with Crippen LogP contribution in [0.3, 0.4) is 0 Å². The molecule has 4 rings (SSSR count). The van der Waals surface area contributed by atoms with Crippen molar-refractivity contribution in [2.45, 2.75) is 51.3 Å². The lowest BCUT2D eigenvalue weighted by Crippen LogP contribution is -2.60. The van der Waals surface area contributed by atoms with Crippen LogP contribution in [0.15, 0.2) is 18.2 Å². The highest BCUT2D eigenvalue weighted by Gasteiger charge is 2.35. The number of ether oxygens (including phenoxy) is 1. The van der Waals surface area contributed by atoms with Crippen molar-refractivity contribution < 1.29 is 14.3 Å². The molecule has 0 atom stereocenters. The molecule has 3 fully saturated rings. The molecule has 1 aromatic carbocycles. The predicted octanol–water partition coefficient (Wildman–Crippen LogP) is 3.22. The Morgan fingerprint density at radius 2 is 1.65 bits per heavy atom. The molecule has 3 aliphatic heterocycles. The predicted molar refractivity (Wildman–Crippen MR) is 135 cm³/mol. The summed E-state index contributed by atoms with van der Waals surface area (Å²) in [5, 5.41) is 4.05. The molecule has 0 unspecified atom stereocenters. The number of piperazine rings is 1. The van der Waals surface area contributed by atoms with Crippen LogP contribution in [0.4, 0.5) is 10.5 Å². The van der Waals surface area contributed by atoms with Crippen molar-refractivity contribution in [2.24, 2.45) is 0 Å². The van der Waals surface area contributed by atoms with Crippen molar-refractivity contribution in [1.82, 2.24) is 19.6 Å². The number of piperidine rings is 1. The number of nitrogens with one attached hydrogen (secondary N) is 1. The van der Waals surface area contributed by atoms with Crippen molar-refractivity contribution in [1.29, 1.82) is 0 Å². The molecule has 2 amide bonds. The minimum absolute atomic E-state index is 0.0113. The molecule has 188 valence electrons. The summed E-state index contributed by atoms with van der Waals surface area (Å²) >= 11 is 6.50. The molecule has 3 aliphatic rings. The van der Waals surface area contributed by atoms with Gasteiger partial charge >= 0.3 is 6.09 Å². The zero-order chi connectivity index (χ0) is 24.5. The molecule has 0 aromatic heterocycles. The third kappa shape index (κ3) is 6.15. The Labute approximate surface area is 208 Å². The average molecular weight is 492 g/mol. The number of benzene rings is 1. The minimum Gasteiger partial charge on any atom is -0.444 e. The molecule has 3 saturated heterocycles. The zero-order valence-corrected chi connectivity index (χ0v) is 21.6. The molecule has 0 radical (unpaired) electrons. The van der Waals surface area contributed by atoms with Gasteiger partial charge in [0.05, 0.1) is 16.6 Å². The van der Waals surface area contributed by atoms with E-state index in [1.807, 2.05) is 48.8 Å². The Bertz CT molecular complexity index is 883. The lowest BCUT2D eigenvalue weighted by Gasteiger charge is -2.47. The van der Waals surface area contributed by atoms with Gasteiger partial charge in [-0.05, 0) is 58.9 Å². The zero-order valence-electron chi connectivity index (χ0n) is 20.8. The van der Waals surface area contributed by atoms with E-state index in [2.05, 4.69) is 22.2 Å². The number of likely N-dealkylation sites (tertiary alicyclic amines) is 2. The summed E-state index contributed by atoms with van der Waals surface area (Å²) in [5.41, 5.74) is 1.07. The van der Waals surface area contributed by atoms with E-state index in [4.69, 9.17) is 16.3 Å². The molecule has 1 N–H and O–H groups in total. The smallest absolute Gasteiger partial charge is 0.410 e. The van der Waals surface area contributed by atoms with Gasteiger partial charge in [-0.25, -0.2) is 4.79 Å². The lowest BCUT2D eigenvalue weighted by molar-refractivity contribution is 0.00749. The Hall–Kier alpha value is -2.03. The topological polar surface area (TPSA) is 68.4 Å². The number of halogens is 1. The molecular weight excluding hydrogens is 454 g/mol. The quantitative estimate of drug-likeness (QED) is 0.697. The second kappa shape index (κ2) is 10.3. The third-order valence-electron chi connectivity index (χ3n) is 6.90. The van der Waals surface area contributed by atoms with Crippen LogP contribution in [0, 0.1) is 0 Å². The standard InChI is InChI=1S/C25H38ClN5O3/c1-25(2,3)34-24(33)30-9-7-20(8-10-30)31-16-19(17-31)27-18-5-6-21(22(26)15-18)23(32)29-13-11-28(4)12-14-29/h5-6,15,19-20,27H,7-14,16-17H2,1-4H3. The summed E-state index contributed by atoms with van der Waals surface area (Å²) in [6.45, 7) is 12.4. The normalized spacial score (nSPS) is 21.3. The largest absolute Gasteiger partial charge is 0.444 e. The Morgan fingerprint density at radius 3 is 2.24 bits per heavy atom. The van der Waals surface area contributed by atoms with Gasteiger partial charge in [-0.15, -0.1) is 0 Å². The highest BCUT2D eigenvalue weighted by molar-refractivity contribution is 6.34. The molecular formula is C25H38ClN5O3. The van der Waals surface area contributed by atoms with Gasteiger partial charge in [0.2, 0.25) is 0 Å². The second-order valence-electron chi connectivity index (χ2n) is 10.8. The number of likely N-dealkylation sites (N-methyl/N-ethyl adjacent to an activating group) is 1. The summed E-state index contributed by atoms with van der Waals surface area (Å²) in [6.07, 6.45) is 1.74. The number of carbonyl (C=O) groups is 2. The van der Waals surface area contributed by atoms with Gasteiger partial charge in [0.15, 0.2) is 0 Å². The number of hydrogen-bond acceptors (Lipinski definition) is 6. The Balaban J connectivity index is 1.21. The van der Waals surface area contributed by atoms with E-state index in [0.29, 0.717) is 22.7 Å². The molecule has 8 nitrogen and oxygen atoms in total. The van der Waals surface area contributed by atoms with Crippen LogP contribution in [-0.2, 0) is 4.74 Å². The van der Waals surface area contributed by atoms with E-state index in [9.17, 15) is 9.59 Å². The first kappa shape index (κ1) is 25.1. The van der Waals surface area contributed by atoms with Crippen molar-refractivity contribution in [3.8, 4) is 0 Å². The van der Waals surface area contributed by atoms with Gasteiger partial charge in [-0.3, -0.25) is 9.69 Å². The minimum atomic E-state index is -0.455. The number of anilines is 1. The second-order valence-corrected chi connectivity index (χ2v) is 11.2. The molecule has 9 heteroatoms. The first-order valence-corrected chi connectivity index (χ1v) is 12.7. The van der Waals surface area contributed by atoms with Gasteiger partial charge in [0.1, 0.15) is 5.60 Å². The van der Waals surface area contributed by atoms with E-state index in [-0.39, 0.29) is 12.0 Å². The van der Waals surface area contributed by atoms with Crippen molar-refractivity contribution >= 4 is 29.3 Å². The van der Waals surface area contributed by atoms with Gasteiger partial charge in [0, 0.05) is 64.1 Å². The average Bonchev–Trinajstić information content (AvgIpc) is 2.75. The number of rotatable bonds is 4. The monoisotopic (exact) mass is 491 g/mol. The molecule has 34 heavy (non-hydrogen) atoms. The van der Waals surface area contributed by atoms with Crippen molar-refractivity contribution in [3.63, 3.8) is 0 Å². The summed E-state index contributed by atoms with van der Waals surface area (Å²) in [5.74, 6) is 0.0113. The molecule has 1 aromatic rings. The van der Waals surface area contributed by atoms with Gasteiger partial charge in [-0.1, -0.05) is 11.6 Å².